The van der Waals surface area contributed by atoms with Gasteiger partial charge in [-0.15, -0.1) is 0 Å². The van der Waals surface area contributed by atoms with Crippen LogP contribution in [0.3, 0.4) is 0 Å². The van der Waals surface area contributed by atoms with Crippen LogP contribution in [0.1, 0.15) is 77.3 Å². The van der Waals surface area contributed by atoms with E-state index < -0.39 is 142 Å². The van der Waals surface area contributed by atoms with Crippen molar-refractivity contribution in [3.63, 3.8) is 0 Å². The zero-order valence-corrected chi connectivity index (χ0v) is 74.9. The molecule has 4 aromatic rings. The average Bonchev–Trinajstić information content (AvgIpc) is 1.44. The third-order valence-corrected chi connectivity index (χ3v) is 22.4. The molecule has 0 radical (unpaired) electrons. The Labute approximate surface area is 749 Å². The summed E-state index contributed by atoms with van der Waals surface area (Å²) in [6, 6.07) is 13.7. The number of hydrogen-bond acceptors (Lipinski definition) is 43. The molecule has 8 rings (SSSR count). The number of hydrogen-bond donors (Lipinski definition) is 8. The zero-order chi connectivity index (χ0) is 94.3. The van der Waals surface area contributed by atoms with Crippen molar-refractivity contribution in [2.75, 3.05) is 230 Å². The lowest BCUT2D eigenvalue weighted by Gasteiger charge is -2.29. The molecule has 4 unspecified atom stereocenters. The number of carboxylic acids is 1. The molecule has 9 N–H and O–H groups in total. The largest absolute Gasteiger partial charge is 0.756 e. The van der Waals surface area contributed by atoms with E-state index in [9.17, 15) is 86.7 Å². The van der Waals surface area contributed by atoms with Crippen molar-refractivity contribution in [1.29, 1.82) is 0 Å². The Morgan fingerprint density at radius 3 is 1.50 bits per heavy atom. The van der Waals surface area contributed by atoms with Gasteiger partial charge in [-0.05, 0) is 73.0 Å². The number of phenolic OH excluding ortho intramolecular Hbond substituents is 1. The molecular formula is C78H109N7O42P4-4. The van der Waals surface area contributed by atoms with Crippen molar-refractivity contribution in [3.05, 3.63) is 137 Å². The molecule has 2 fully saturated rings. The third-order valence-electron chi connectivity index (χ3n) is 18.4. The number of nitrogens with one attached hydrogen (secondary N) is 3. The number of phenols is 1. The topological polar surface area (TPSA) is 666 Å². The van der Waals surface area contributed by atoms with E-state index in [0.717, 1.165) is 27.5 Å². The molecule has 3 aliphatic heterocycles. The third kappa shape index (κ3) is 40.8. The van der Waals surface area contributed by atoms with E-state index in [-0.39, 0.29) is 209 Å². The molecule has 131 heavy (non-hydrogen) atoms. The Balaban J connectivity index is 0.706. The number of aromatic hydroxyl groups is 1. The van der Waals surface area contributed by atoms with Crippen LogP contribution >= 0.6 is 31.3 Å². The second-order valence-electron chi connectivity index (χ2n) is 28.0. The van der Waals surface area contributed by atoms with Gasteiger partial charge in [0.1, 0.15) is 47.6 Å². The highest BCUT2D eigenvalue weighted by Crippen LogP contribution is 2.48. The van der Waals surface area contributed by atoms with Gasteiger partial charge in [0.15, 0.2) is 5.43 Å². The number of phosphoric acid groups is 4. The van der Waals surface area contributed by atoms with Crippen molar-refractivity contribution in [2.24, 2.45) is 0 Å². The number of anilines is 1. The quantitative estimate of drug-likeness (QED) is 0.0110. The number of aromatic amines is 1. The first-order chi connectivity index (χ1) is 63.0. The summed E-state index contributed by atoms with van der Waals surface area (Å²) in [6.07, 6.45) is -2.10. The van der Waals surface area contributed by atoms with Gasteiger partial charge < -0.3 is 163 Å². The van der Waals surface area contributed by atoms with Crippen molar-refractivity contribution in [2.45, 2.75) is 75.4 Å². The number of nitrogens with two attached hydrogens (primary N) is 1. The summed E-state index contributed by atoms with van der Waals surface area (Å²) in [7, 11) is -20.1. The normalized spacial score (nSPS) is 18.3. The number of amides is 2. The number of aliphatic hydroxyl groups excluding tert-OH is 2. The number of aliphatic hydroxyl groups is 2. The summed E-state index contributed by atoms with van der Waals surface area (Å²) in [5.41, 5.74) is 3.22. The standard InChI is InChI=1S/C78H113N7O42P4/c79-69-13-16-84(77(95)82-69)71-50-63(89)67(125-71)53-122-129(99,100)119-44-39-115-35-36-116-41-46-121-131(103,104)127-66-51-72(126-68(66)54-123-130(101,102)120-45-40-114-34-31-111-28-25-108-24-27-110-30-33-113-38-43-118-128(97,98)117-42-37-112-32-29-109-26-23-107-22-21-106-20-19-105-18-17-86)85-52-56(75(92)83-78(85)96)6-12-70(90)80-14-3-1-2-4-15-81-74(91)55-5-9-59(76(93)94)62(47-55)73-60-10-7-57(87)48-64(60)124-65-49-58(88)8-11-61(65)73/h5-13,16,47-49,52,63,66-68,71-72,86-87,89H,1-4,14-15,17-46,50-51,53-54H2,(H,80,90)(H,81,91)(H,93,94)(H,97,98)(H,99,100)(H,101,102)(H,103,104)(H2,79,82,95)(H,83,92,96)/p-4/b12-6+/t63-,66-,67-,68-,71-,72-/m1/s1. The van der Waals surface area contributed by atoms with E-state index in [1.807, 2.05) is 0 Å². The highest BCUT2D eigenvalue weighted by Gasteiger charge is 2.42. The molecule has 2 amide bonds. The molecule has 1 aliphatic carbocycles. The van der Waals surface area contributed by atoms with Gasteiger partial charge in [-0.25, -0.2) is 14.4 Å². The number of ether oxygens (including phenoxy) is 14. The SMILES string of the molecule is Nc1ccn([C@H]2C[C@@H](O)[C@@H](COP(=O)([O-])OCCOCCOCCOP(=O)([O-])O[C@@H]3C[C@H](n4cc(/C=C/C(=O)NCCCCCCNC(=O)c5ccc(C(=O)O)c(-c6c7ccc(=O)cc-7oc7cc(O)ccc67)c5)c(=O)[nH]c4=O)O[C@@H]3COP(=O)([O-])OCCOCCOCCOCCOCCOCCOP(=O)([O-])OCCOCCOCCOCCOCCOCCO)O2)c(=O)n1. The fourth-order valence-electron chi connectivity index (χ4n) is 12.2. The molecule has 732 valence electrons. The minimum atomic E-state index is -5.37. The van der Waals surface area contributed by atoms with Crippen LogP contribution in [-0.4, -0.2) is 306 Å². The Morgan fingerprint density at radius 1 is 0.534 bits per heavy atom. The number of benzene rings is 3. The molecule has 0 saturated carbocycles. The molecule has 0 spiro atoms. The van der Waals surface area contributed by atoms with Crippen molar-refractivity contribution >= 4 is 71.9 Å². The van der Waals surface area contributed by atoms with Gasteiger partial charge in [-0.2, -0.15) is 4.98 Å². The number of carbonyl (C=O) groups excluding carboxylic acids is 2. The van der Waals surface area contributed by atoms with E-state index in [1.54, 1.807) is 6.07 Å². The molecule has 10 atom stereocenters. The molecule has 5 heterocycles. The first-order valence-electron chi connectivity index (χ1n) is 41.5. The predicted molar refractivity (Wildman–Crippen MR) is 447 cm³/mol. The van der Waals surface area contributed by atoms with Gasteiger partial charge in [0.25, 0.3) is 42.8 Å². The number of rotatable bonds is 71. The lowest BCUT2D eigenvalue weighted by Crippen LogP contribution is -2.33. The minimum absolute atomic E-state index is 0.000820. The number of carboxylic acid groups (broad SMARTS) is 1. The smallest absolute Gasteiger partial charge is 0.351 e. The molecule has 2 saturated heterocycles. The molecule has 0 bridgehead atoms. The van der Waals surface area contributed by atoms with E-state index in [2.05, 4.69) is 20.6 Å². The van der Waals surface area contributed by atoms with Crippen LogP contribution in [0.4, 0.5) is 5.82 Å². The van der Waals surface area contributed by atoms with E-state index in [4.69, 9.17) is 118 Å². The molecule has 49 nitrogen and oxygen atoms in total. The second kappa shape index (κ2) is 58.5. The van der Waals surface area contributed by atoms with Crippen LogP contribution in [0, 0.1) is 0 Å². The lowest BCUT2D eigenvalue weighted by atomic mass is 9.89. The van der Waals surface area contributed by atoms with Crippen LogP contribution in [0.15, 0.2) is 103 Å². The first kappa shape index (κ1) is 109. The molecule has 2 aromatic carbocycles. The number of fused-ring (bicyclic) bond motifs is 2. The fraction of sp³-hybridized carbons (Fsp3) is 0.590. The Kier molecular flexibility index (Phi) is 48.5. The summed E-state index contributed by atoms with van der Waals surface area (Å²) >= 11 is 0. The molecule has 53 heteroatoms. The maximum atomic E-state index is 13.5. The number of aromatic carboxylic acids is 1. The number of carbonyl (C=O) groups is 3. The van der Waals surface area contributed by atoms with Gasteiger partial charge >= 0.3 is 17.3 Å². The highest BCUT2D eigenvalue weighted by atomic mass is 31.2. The number of phosphoric ester groups is 4. The van der Waals surface area contributed by atoms with Gasteiger partial charge in [0.05, 0.1) is 235 Å². The minimum Gasteiger partial charge on any atom is -0.756 e. The Bertz CT molecular complexity index is 4930. The van der Waals surface area contributed by atoms with Crippen LogP contribution in [0.5, 0.6) is 5.75 Å². The van der Waals surface area contributed by atoms with Gasteiger partial charge in [0, 0.05) is 78.6 Å². The number of unbranched alkanes of at least 4 members (excludes halogenated alkanes) is 3. The number of nitrogens with zero attached hydrogens (tertiary/aromatic N) is 3. The number of nitrogen functional groups attached to an aromatic ring is 1. The monoisotopic (exact) mass is 1940 g/mol. The summed E-state index contributed by atoms with van der Waals surface area (Å²) < 4.78 is 174. The van der Waals surface area contributed by atoms with Crippen LogP contribution in [0.2, 0.25) is 0 Å². The Morgan fingerprint density at radius 2 is 1.00 bits per heavy atom. The van der Waals surface area contributed by atoms with Crippen LogP contribution in [-0.2, 0) is 126 Å². The number of H-pyrrole nitrogens is 1. The maximum Gasteiger partial charge on any atom is 0.351 e. The Hall–Kier alpha value is -7.76. The van der Waals surface area contributed by atoms with Crippen molar-refractivity contribution in [3.8, 4) is 28.2 Å². The van der Waals surface area contributed by atoms with E-state index in [1.165, 1.54) is 60.8 Å². The van der Waals surface area contributed by atoms with E-state index in [0.29, 0.717) is 81.8 Å². The fourth-order valence-corrected chi connectivity index (χ4v) is 15.2. The number of aromatic nitrogens is 4. The van der Waals surface area contributed by atoms with Crippen LogP contribution < -0.4 is 58.3 Å². The van der Waals surface area contributed by atoms with Crippen molar-refractivity contribution < 1.29 is 180 Å². The summed E-state index contributed by atoms with van der Waals surface area (Å²) in [4.78, 5) is 146. The van der Waals surface area contributed by atoms with Gasteiger partial charge in [-0.1, -0.05) is 12.8 Å². The molecule has 4 aliphatic rings. The molecule has 2 aromatic heterocycles. The average molecular weight is 1940 g/mol. The predicted octanol–water partition coefficient (Wildman–Crippen LogP) is 0.280. The lowest BCUT2D eigenvalue weighted by molar-refractivity contribution is -0.235. The van der Waals surface area contributed by atoms with E-state index >= 15 is 0 Å². The second-order valence-corrected chi connectivity index (χ2v) is 33.6. The summed E-state index contributed by atoms with van der Waals surface area (Å²) in [6.45, 7) is -0.724. The van der Waals surface area contributed by atoms with Gasteiger partial charge in [0.2, 0.25) is 5.91 Å². The maximum absolute atomic E-state index is 13.5. The van der Waals surface area contributed by atoms with Crippen LogP contribution in [0.25, 0.3) is 39.5 Å². The van der Waals surface area contributed by atoms with Crippen molar-refractivity contribution in [1.82, 2.24) is 29.7 Å². The summed E-state index contributed by atoms with van der Waals surface area (Å²) in [5.74, 6) is -2.46. The zero-order valence-electron chi connectivity index (χ0n) is 71.3. The van der Waals surface area contributed by atoms with Gasteiger partial charge in [-0.3, -0.25) is 51.6 Å². The highest BCUT2D eigenvalue weighted by molar-refractivity contribution is 7.46. The molecular weight excluding hydrogens is 1830 g/mol. The summed E-state index contributed by atoms with van der Waals surface area (Å²) in [5, 5.41) is 45.4. The first-order valence-corrected chi connectivity index (χ1v) is 47.3.